The maximum absolute atomic E-state index is 12.4. The molecule has 2 N–H and O–H groups in total. The number of aromatic nitrogens is 2. The van der Waals surface area contributed by atoms with Gasteiger partial charge >= 0.3 is 0 Å². The molecule has 4 rings (SSSR count). The van der Waals surface area contributed by atoms with Gasteiger partial charge in [0.25, 0.3) is 0 Å². The third-order valence-electron chi connectivity index (χ3n) is 4.55. The number of thiazole rings is 1. The van der Waals surface area contributed by atoms with E-state index in [2.05, 4.69) is 20.6 Å². The zero-order valence-corrected chi connectivity index (χ0v) is 18.3. The molecule has 156 valence electrons. The highest BCUT2D eigenvalue weighted by Crippen LogP contribution is 2.27. The van der Waals surface area contributed by atoms with E-state index in [1.54, 1.807) is 18.2 Å². The number of anilines is 1. The summed E-state index contributed by atoms with van der Waals surface area (Å²) in [5.74, 6) is 0.739. The smallest absolute Gasteiger partial charge is 0.242 e. The van der Waals surface area contributed by atoms with Crippen LogP contribution in [0.25, 0.3) is 22.6 Å². The molecule has 3 heterocycles. The first-order chi connectivity index (χ1) is 14.4. The predicted octanol–water partition coefficient (Wildman–Crippen LogP) is 2.88. The Balaban J connectivity index is 1.60. The van der Waals surface area contributed by atoms with E-state index in [1.807, 2.05) is 29.6 Å². The van der Waals surface area contributed by atoms with Crippen molar-refractivity contribution in [1.29, 1.82) is 0 Å². The maximum Gasteiger partial charge on any atom is 0.242 e. The lowest BCUT2D eigenvalue weighted by Crippen LogP contribution is -2.35. The van der Waals surface area contributed by atoms with Gasteiger partial charge in [-0.2, -0.15) is 0 Å². The molecule has 3 aromatic rings. The number of rotatable bonds is 5. The van der Waals surface area contributed by atoms with Crippen LogP contribution in [0.1, 0.15) is 6.42 Å². The van der Waals surface area contributed by atoms with Gasteiger partial charge in [0.1, 0.15) is 5.69 Å². The SMILES string of the molecule is CN(C)S(=O)(=O)c1cccc(-c2cccc(-c3csc(NC4=NCCCN4)n3)n2)c1. The number of nitrogens with one attached hydrogen (secondary N) is 2. The fraction of sp³-hybridized carbons (Fsp3) is 0.250. The minimum Gasteiger partial charge on any atom is -0.356 e. The molecule has 2 aromatic heterocycles. The highest BCUT2D eigenvalue weighted by atomic mass is 32.2. The Kier molecular flexibility index (Phi) is 5.80. The molecular weight excluding hydrogens is 420 g/mol. The van der Waals surface area contributed by atoms with Crippen molar-refractivity contribution in [3.05, 3.63) is 47.8 Å². The van der Waals surface area contributed by atoms with Gasteiger partial charge in [0, 0.05) is 38.1 Å². The predicted molar refractivity (Wildman–Crippen MR) is 120 cm³/mol. The summed E-state index contributed by atoms with van der Waals surface area (Å²) in [6.45, 7) is 1.70. The van der Waals surface area contributed by atoms with Crippen LogP contribution in [-0.2, 0) is 10.0 Å². The second kappa shape index (κ2) is 8.50. The number of guanidine groups is 1. The van der Waals surface area contributed by atoms with Gasteiger partial charge in [0.15, 0.2) is 11.1 Å². The van der Waals surface area contributed by atoms with Crippen LogP contribution in [-0.4, -0.2) is 55.8 Å². The second-order valence-electron chi connectivity index (χ2n) is 6.90. The first-order valence-electron chi connectivity index (χ1n) is 9.45. The van der Waals surface area contributed by atoms with Crippen LogP contribution in [0.4, 0.5) is 5.13 Å². The Hall–Kier alpha value is -2.82. The van der Waals surface area contributed by atoms with Crippen molar-refractivity contribution in [2.45, 2.75) is 11.3 Å². The third-order valence-corrected chi connectivity index (χ3v) is 7.12. The molecule has 1 aliphatic rings. The Morgan fingerprint density at radius 1 is 1.07 bits per heavy atom. The molecule has 0 amide bonds. The Labute approximate surface area is 179 Å². The van der Waals surface area contributed by atoms with Gasteiger partial charge in [-0.05, 0) is 30.7 Å². The van der Waals surface area contributed by atoms with Crippen molar-refractivity contribution in [1.82, 2.24) is 19.6 Å². The van der Waals surface area contributed by atoms with Gasteiger partial charge in [0.2, 0.25) is 10.0 Å². The molecule has 1 aliphatic heterocycles. The number of benzene rings is 1. The monoisotopic (exact) mass is 442 g/mol. The standard InChI is InChI=1S/C20H22N6O2S2/c1-26(2)30(27,28)15-7-3-6-14(12-15)16-8-4-9-17(23-16)18-13-29-20(24-18)25-19-21-10-5-11-22-19/h3-4,6-9,12-13H,5,10-11H2,1-2H3,(H2,21,22,24,25). The van der Waals surface area contributed by atoms with Crippen molar-refractivity contribution in [3.8, 4) is 22.6 Å². The van der Waals surface area contributed by atoms with E-state index in [0.717, 1.165) is 47.6 Å². The number of nitrogens with zero attached hydrogens (tertiary/aromatic N) is 4. The lowest BCUT2D eigenvalue weighted by Gasteiger charge is -2.14. The zero-order valence-electron chi connectivity index (χ0n) is 16.7. The molecule has 0 radical (unpaired) electrons. The van der Waals surface area contributed by atoms with Crippen molar-refractivity contribution in [2.75, 3.05) is 32.5 Å². The Bertz CT molecular complexity index is 1190. The van der Waals surface area contributed by atoms with Gasteiger partial charge < -0.3 is 10.6 Å². The molecule has 8 nitrogen and oxygen atoms in total. The molecule has 0 fully saturated rings. The highest BCUT2D eigenvalue weighted by Gasteiger charge is 2.18. The molecule has 1 aromatic carbocycles. The molecule has 30 heavy (non-hydrogen) atoms. The molecule has 0 bridgehead atoms. The maximum atomic E-state index is 12.4. The minimum atomic E-state index is -3.51. The van der Waals surface area contributed by atoms with Gasteiger partial charge in [-0.1, -0.05) is 18.2 Å². The van der Waals surface area contributed by atoms with Gasteiger partial charge in [0.05, 0.1) is 16.3 Å². The largest absolute Gasteiger partial charge is 0.356 e. The van der Waals surface area contributed by atoms with Crippen molar-refractivity contribution in [3.63, 3.8) is 0 Å². The normalized spacial score (nSPS) is 14.3. The van der Waals surface area contributed by atoms with Gasteiger partial charge in [-0.3, -0.25) is 4.99 Å². The summed E-state index contributed by atoms with van der Waals surface area (Å²) >= 11 is 1.48. The molecule has 0 spiro atoms. The molecule has 0 atom stereocenters. The summed E-state index contributed by atoms with van der Waals surface area (Å²) in [5, 5.41) is 9.08. The van der Waals surface area contributed by atoms with E-state index in [1.165, 1.54) is 29.7 Å². The van der Waals surface area contributed by atoms with E-state index in [9.17, 15) is 8.42 Å². The fourth-order valence-corrected chi connectivity index (χ4v) is 4.58. The summed E-state index contributed by atoms with van der Waals surface area (Å²) in [5.41, 5.74) is 2.88. The number of hydrogen-bond donors (Lipinski definition) is 2. The van der Waals surface area contributed by atoms with E-state index in [4.69, 9.17) is 4.98 Å². The topological polar surface area (TPSA) is 99.6 Å². The Morgan fingerprint density at radius 3 is 2.63 bits per heavy atom. The van der Waals surface area contributed by atoms with E-state index < -0.39 is 10.0 Å². The van der Waals surface area contributed by atoms with Gasteiger partial charge in [-0.25, -0.2) is 22.7 Å². The van der Waals surface area contributed by atoms with Crippen molar-refractivity contribution >= 4 is 32.5 Å². The van der Waals surface area contributed by atoms with Crippen molar-refractivity contribution < 1.29 is 8.42 Å². The zero-order chi connectivity index (χ0) is 21.1. The fourth-order valence-electron chi connectivity index (χ4n) is 2.93. The Morgan fingerprint density at radius 2 is 1.87 bits per heavy atom. The van der Waals surface area contributed by atoms with Crippen LogP contribution in [0.2, 0.25) is 0 Å². The van der Waals surface area contributed by atoms with Crippen LogP contribution in [0.5, 0.6) is 0 Å². The third kappa shape index (κ3) is 4.35. The molecule has 0 saturated heterocycles. The van der Waals surface area contributed by atoms with Crippen LogP contribution >= 0.6 is 11.3 Å². The van der Waals surface area contributed by atoms with Crippen LogP contribution in [0.15, 0.2) is 57.7 Å². The molecule has 0 saturated carbocycles. The average molecular weight is 443 g/mol. The minimum absolute atomic E-state index is 0.234. The first-order valence-corrected chi connectivity index (χ1v) is 11.8. The summed E-state index contributed by atoms with van der Waals surface area (Å²) < 4.78 is 26.1. The number of hydrogen-bond acceptors (Lipinski definition) is 8. The number of aliphatic imine (C=N–C) groups is 1. The van der Waals surface area contributed by atoms with Gasteiger partial charge in [-0.15, -0.1) is 11.3 Å². The summed E-state index contributed by atoms with van der Waals surface area (Å²) in [4.78, 5) is 13.9. The molecule has 0 unspecified atom stereocenters. The summed E-state index contributed by atoms with van der Waals surface area (Å²) in [7, 11) is -0.477. The lowest BCUT2D eigenvalue weighted by atomic mass is 10.1. The molecule has 10 heteroatoms. The second-order valence-corrected chi connectivity index (χ2v) is 9.91. The van der Waals surface area contributed by atoms with Crippen LogP contribution < -0.4 is 10.6 Å². The van der Waals surface area contributed by atoms with Crippen LogP contribution in [0, 0.1) is 0 Å². The quantitative estimate of drug-likeness (QED) is 0.630. The summed E-state index contributed by atoms with van der Waals surface area (Å²) in [6, 6.07) is 12.4. The lowest BCUT2D eigenvalue weighted by molar-refractivity contribution is 0.521. The van der Waals surface area contributed by atoms with E-state index >= 15 is 0 Å². The average Bonchev–Trinajstić information content (AvgIpc) is 3.23. The first kappa shape index (κ1) is 20.5. The molecular formula is C20H22N6O2S2. The van der Waals surface area contributed by atoms with Crippen LogP contribution in [0.3, 0.4) is 0 Å². The van der Waals surface area contributed by atoms with E-state index in [0.29, 0.717) is 5.69 Å². The number of pyridine rings is 1. The summed E-state index contributed by atoms with van der Waals surface area (Å²) in [6.07, 6.45) is 1.03. The highest BCUT2D eigenvalue weighted by molar-refractivity contribution is 7.89. The van der Waals surface area contributed by atoms with Crippen molar-refractivity contribution in [2.24, 2.45) is 4.99 Å². The number of sulfonamides is 1. The van der Waals surface area contributed by atoms with E-state index in [-0.39, 0.29) is 4.90 Å². The molecule has 0 aliphatic carbocycles.